The number of piperidine rings is 1. The van der Waals surface area contributed by atoms with Crippen LogP contribution < -0.4 is 10.1 Å². The Bertz CT molecular complexity index is 1040. The Hall–Kier alpha value is -2.09. The first-order valence-corrected chi connectivity index (χ1v) is 11.8. The second-order valence-electron chi connectivity index (χ2n) is 7.52. The van der Waals surface area contributed by atoms with Crippen molar-refractivity contribution in [3.8, 4) is 5.75 Å². The summed E-state index contributed by atoms with van der Waals surface area (Å²) in [5.74, 6) is 0.0548. The molecule has 1 fully saturated rings. The molecule has 3 rings (SSSR count). The number of ether oxygens (including phenoxy) is 1. The van der Waals surface area contributed by atoms with E-state index in [0.717, 1.165) is 11.1 Å². The molecule has 1 heterocycles. The van der Waals surface area contributed by atoms with E-state index in [4.69, 9.17) is 16.3 Å². The van der Waals surface area contributed by atoms with Crippen molar-refractivity contribution < 1.29 is 17.9 Å². The average Bonchev–Trinajstić information content (AvgIpc) is 2.72. The van der Waals surface area contributed by atoms with Crippen molar-refractivity contribution in [3.63, 3.8) is 0 Å². The van der Waals surface area contributed by atoms with Gasteiger partial charge in [-0.15, -0.1) is 0 Å². The lowest BCUT2D eigenvalue weighted by molar-refractivity contribution is -0.120. The van der Waals surface area contributed by atoms with E-state index in [1.807, 2.05) is 26.8 Å². The van der Waals surface area contributed by atoms with E-state index in [1.165, 1.54) is 4.31 Å². The Morgan fingerprint density at radius 2 is 1.97 bits per heavy atom. The lowest BCUT2D eigenvalue weighted by Crippen LogP contribution is -2.43. The summed E-state index contributed by atoms with van der Waals surface area (Å²) >= 11 is 6.13. The third-order valence-corrected chi connectivity index (χ3v) is 7.55. The summed E-state index contributed by atoms with van der Waals surface area (Å²) < 4.78 is 33.2. The van der Waals surface area contributed by atoms with Gasteiger partial charge in [0.05, 0.1) is 17.4 Å². The van der Waals surface area contributed by atoms with Crippen LogP contribution in [0.3, 0.4) is 0 Å². The highest BCUT2D eigenvalue weighted by Crippen LogP contribution is 2.28. The second-order valence-corrected chi connectivity index (χ2v) is 9.86. The van der Waals surface area contributed by atoms with E-state index < -0.39 is 15.9 Å². The van der Waals surface area contributed by atoms with Crippen LogP contribution in [0.1, 0.15) is 30.9 Å². The number of carbonyl (C=O) groups is 1. The van der Waals surface area contributed by atoms with Crippen molar-refractivity contribution in [2.75, 3.05) is 25.0 Å². The first kappa shape index (κ1) is 22.6. The predicted molar refractivity (Wildman–Crippen MR) is 119 cm³/mol. The minimum absolute atomic E-state index is 0.153. The van der Waals surface area contributed by atoms with Gasteiger partial charge in [-0.3, -0.25) is 4.79 Å². The molecule has 2 aromatic rings. The van der Waals surface area contributed by atoms with Gasteiger partial charge in [0, 0.05) is 23.8 Å². The summed E-state index contributed by atoms with van der Waals surface area (Å²) in [6.45, 7) is 6.66. The van der Waals surface area contributed by atoms with Crippen molar-refractivity contribution in [2.45, 2.75) is 38.5 Å². The SMILES string of the molecule is CCOc1ccc(S(=O)(=O)N2CCC[C@H](C(=O)Nc3ccc(C)c(Cl)c3)C2)cc1C. The molecule has 1 saturated heterocycles. The number of nitrogens with zero attached hydrogens (tertiary/aromatic N) is 1. The van der Waals surface area contributed by atoms with E-state index >= 15 is 0 Å². The molecule has 6 nitrogen and oxygen atoms in total. The quantitative estimate of drug-likeness (QED) is 0.707. The number of hydrogen-bond donors (Lipinski definition) is 1. The maximum atomic E-state index is 13.2. The van der Waals surface area contributed by atoms with Crippen LogP contribution in [0.5, 0.6) is 5.75 Å². The number of halogens is 1. The van der Waals surface area contributed by atoms with Crippen molar-refractivity contribution in [3.05, 3.63) is 52.5 Å². The van der Waals surface area contributed by atoms with Crippen LogP contribution in [-0.2, 0) is 14.8 Å². The molecule has 0 aromatic heterocycles. The summed E-state index contributed by atoms with van der Waals surface area (Å²) in [7, 11) is -3.69. The van der Waals surface area contributed by atoms with Gasteiger partial charge in [-0.1, -0.05) is 17.7 Å². The Labute approximate surface area is 183 Å². The lowest BCUT2D eigenvalue weighted by atomic mass is 9.98. The molecular weight excluding hydrogens is 424 g/mol. The average molecular weight is 451 g/mol. The zero-order valence-electron chi connectivity index (χ0n) is 17.4. The first-order valence-electron chi connectivity index (χ1n) is 10.0. The molecule has 162 valence electrons. The number of sulfonamides is 1. The van der Waals surface area contributed by atoms with E-state index in [9.17, 15) is 13.2 Å². The van der Waals surface area contributed by atoms with E-state index in [0.29, 0.717) is 42.5 Å². The molecule has 1 N–H and O–H groups in total. The van der Waals surface area contributed by atoms with Crippen LogP contribution in [0, 0.1) is 19.8 Å². The summed E-state index contributed by atoms with van der Waals surface area (Å²) in [4.78, 5) is 13.0. The van der Waals surface area contributed by atoms with Crippen LogP contribution in [-0.4, -0.2) is 38.3 Å². The van der Waals surface area contributed by atoms with Gasteiger partial charge >= 0.3 is 0 Å². The number of rotatable bonds is 6. The van der Waals surface area contributed by atoms with Gasteiger partial charge < -0.3 is 10.1 Å². The van der Waals surface area contributed by atoms with Crippen molar-refractivity contribution in [1.29, 1.82) is 0 Å². The fraction of sp³-hybridized carbons (Fsp3) is 0.409. The van der Waals surface area contributed by atoms with Crippen molar-refractivity contribution in [1.82, 2.24) is 4.31 Å². The topological polar surface area (TPSA) is 75.7 Å². The van der Waals surface area contributed by atoms with E-state index in [-0.39, 0.29) is 17.3 Å². The van der Waals surface area contributed by atoms with Crippen molar-refractivity contribution >= 4 is 33.2 Å². The summed E-state index contributed by atoms with van der Waals surface area (Å²) in [5.41, 5.74) is 2.30. The molecule has 0 radical (unpaired) electrons. The maximum absolute atomic E-state index is 13.2. The maximum Gasteiger partial charge on any atom is 0.243 e. The number of hydrogen-bond acceptors (Lipinski definition) is 4. The molecule has 8 heteroatoms. The fourth-order valence-electron chi connectivity index (χ4n) is 3.54. The second kappa shape index (κ2) is 9.37. The van der Waals surface area contributed by atoms with Gasteiger partial charge in [0.2, 0.25) is 15.9 Å². The third kappa shape index (κ3) is 4.96. The van der Waals surface area contributed by atoms with Gasteiger partial charge in [0.15, 0.2) is 0 Å². The van der Waals surface area contributed by atoms with Gasteiger partial charge in [0.25, 0.3) is 0 Å². The summed E-state index contributed by atoms with van der Waals surface area (Å²) in [5, 5.41) is 3.44. The summed E-state index contributed by atoms with van der Waals surface area (Å²) in [6, 6.07) is 10.2. The molecule has 0 spiro atoms. The Morgan fingerprint density at radius 1 is 1.20 bits per heavy atom. The van der Waals surface area contributed by atoms with Crippen LogP contribution in [0.25, 0.3) is 0 Å². The molecule has 1 aliphatic heterocycles. The zero-order chi connectivity index (χ0) is 21.9. The number of amides is 1. The summed E-state index contributed by atoms with van der Waals surface area (Å²) in [6.07, 6.45) is 1.27. The number of anilines is 1. The van der Waals surface area contributed by atoms with Crippen LogP contribution in [0.2, 0.25) is 5.02 Å². The lowest BCUT2D eigenvalue weighted by Gasteiger charge is -2.31. The Morgan fingerprint density at radius 3 is 2.63 bits per heavy atom. The first-order chi connectivity index (χ1) is 14.2. The van der Waals surface area contributed by atoms with Crippen LogP contribution >= 0.6 is 11.6 Å². The molecular formula is C22H27ClN2O4S. The largest absolute Gasteiger partial charge is 0.494 e. The normalized spacial score (nSPS) is 17.5. The van der Waals surface area contributed by atoms with Crippen LogP contribution in [0.15, 0.2) is 41.3 Å². The molecule has 2 aromatic carbocycles. The molecule has 1 atom stereocenters. The molecule has 1 amide bonds. The number of carbonyl (C=O) groups excluding carboxylic acids is 1. The highest BCUT2D eigenvalue weighted by atomic mass is 35.5. The Kier molecular flexibility index (Phi) is 7.06. The number of nitrogens with one attached hydrogen (secondary N) is 1. The van der Waals surface area contributed by atoms with Crippen molar-refractivity contribution in [2.24, 2.45) is 5.92 Å². The molecule has 0 aliphatic carbocycles. The fourth-order valence-corrected chi connectivity index (χ4v) is 5.33. The zero-order valence-corrected chi connectivity index (χ0v) is 19.0. The third-order valence-electron chi connectivity index (χ3n) is 5.28. The number of benzene rings is 2. The molecule has 0 bridgehead atoms. The minimum atomic E-state index is -3.69. The van der Waals surface area contributed by atoms with E-state index in [2.05, 4.69) is 5.32 Å². The molecule has 0 saturated carbocycles. The van der Waals surface area contributed by atoms with E-state index in [1.54, 1.807) is 30.3 Å². The van der Waals surface area contributed by atoms with Crippen LogP contribution in [0.4, 0.5) is 5.69 Å². The number of aryl methyl sites for hydroxylation is 2. The van der Waals surface area contributed by atoms with Gasteiger partial charge in [0.1, 0.15) is 5.75 Å². The van der Waals surface area contributed by atoms with Gasteiger partial charge in [-0.25, -0.2) is 8.42 Å². The Balaban J connectivity index is 1.73. The predicted octanol–water partition coefficient (Wildman–Crippen LogP) is 4.39. The smallest absolute Gasteiger partial charge is 0.243 e. The molecule has 1 aliphatic rings. The van der Waals surface area contributed by atoms with Gasteiger partial charge in [-0.2, -0.15) is 4.31 Å². The molecule has 30 heavy (non-hydrogen) atoms. The highest BCUT2D eigenvalue weighted by molar-refractivity contribution is 7.89. The van der Waals surface area contributed by atoms with Gasteiger partial charge in [-0.05, 0) is 75.1 Å². The monoisotopic (exact) mass is 450 g/mol. The minimum Gasteiger partial charge on any atom is -0.494 e. The highest BCUT2D eigenvalue weighted by Gasteiger charge is 2.33. The standard InChI is InChI=1S/C22H27ClN2O4S/c1-4-29-21-10-9-19(12-16(21)3)30(27,28)25-11-5-6-17(14-25)22(26)24-18-8-7-15(2)20(23)13-18/h7-10,12-13,17H,4-6,11,14H2,1-3H3,(H,24,26)/t17-/m0/s1. The molecule has 0 unspecified atom stereocenters.